The molecule has 4 nitrogen and oxygen atoms in total. The Labute approximate surface area is 129 Å². The van der Waals surface area contributed by atoms with Crippen LogP contribution in [0.1, 0.15) is 15.9 Å². The predicted octanol–water partition coefficient (Wildman–Crippen LogP) is 3.61. The van der Waals surface area contributed by atoms with E-state index in [4.69, 9.17) is 14.2 Å². The van der Waals surface area contributed by atoms with Crippen molar-refractivity contribution in [1.82, 2.24) is 0 Å². The van der Waals surface area contributed by atoms with Gasteiger partial charge in [-0.15, -0.1) is 0 Å². The smallest absolute Gasteiger partial charge is 0.203 e. The van der Waals surface area contributed by atoms with Crippen LogP contribution in [0.3, 0.4) is 0 Å². The normalized spacial score (nSPS) is 10.5. The molecule has 4 heteroatoms. The molecular formula is C18H18O4. The summed E-state index contributed by atoms with van der Waals surface area (Å²) in [6.07, 6.45) is 3.29. The number of carbonyl (C=O) groups excluding carboxylic acids is 1. The van der Waals surface area contributed by atoms with Gasteiger partial charge >= 0.3 is 0 Å². The van der Waals surface area contributed by atoms with Crippen molar-refractivity contribution in [2.24, 2.45) is 0 Å². The number of ketones is 1. The van der Waals surface area contributed by atoms with Crippen LogP contribution in [0.4, 0.5) is 0 Å². The second-order valence-corrected chi connectivity index (χ2v) is 4.52. The van der Waals surface area contributed by atoms with E-state index < -0.39 is 0 Å². The van der Waals surface area contributed by atoms with Crippen LogP contribution in [0.15, 0.2) is 48.5 Å². The lowest BCUT2D eigenvalue weighted by Crippen LogP contribution is -2.00. The first kappa shape index (κ1) is 15.6. The summed E-state index contributed by atoms with van der Waals surface area (Å²) in [4.78, 5) is 12.3. The van der Waals surface area contributed by atoms with Crippen LogP contribution in [-0.4, -0.2) is 27.1 Å². The molecule has 0 radical (unpaired) electrons. The molecule has 2 aromatic carbocycles. The lowest BCUT2D eigenvalue weighted by Gasteiger charge is -2.13. The Kier molecular flexibility index (Phi) is 5.20. The van der Waals surface area contributed by atoms with E-state index in [9.17, 15) is 4.79 Å². The molecule has 0 unspecified atom stereocenters. The van der Waals surface area contributed by atoms with Crippen molar-refractivity contribution in [1.29, 1.82) is 0 Å². The molecule has 0 saturated carbocycles. The van der Waals surface area contributed by atoms with Crippen LogP contribution in [0.25, 0.3) is 6.08 Å². The molecule has 2 rings (SSSR count). The van der Waals surface area contributed by atoms with Crippen molar-refractivity contribution in [3.63, 3.8) is 0 Å². The molecule has 22 heavy (non-hydrogen) atoms. The van der Waals surface area contributed by atoms with Gasteiger partial charge in [0.15, 0.2) is 17.3 Å². The van der Waals surface area contributed by atoms with Crippen molar-refractivity contribution >= 4 is 11.9 Å². The number of hydrogen-bond donors (Lipinski definition) is 0. The highest BCUT2D eigenvalue weighted by Gasteiger charge is 2.15. The van der Waals surface area contributed by atoms with E-state index in [1.165, 1.54) is 27.4 Å². The van der Waals surface area contributed by atoms with Gasteiger partial charge in [0.1, 0.15) is 0 Å². The number of carbonyl (C=O) groups is 1. The van der Waals surface area contributed by atoms with Gasteiger partial charge in [0, 0.05) is 5.56 Å². The second kappa shape index (κ2) is 7.31. The minimum absolute atomic E-state index is 0.136. The Balaban J connectivity index is 2.32. The zero-order valence-electron chi connectivity index (χ0n) is 12.8. The summed E-state index contributed by atoms with van der Waals surface area (Å²) in [7, 11) is 4.56. The maximum Gasteiger partial charge on any atom is 0.203 e. The maximum absolute atomic E-state index is 12.3. The van der Waals surface area contributed by atoms with Gasteiger partial charge in [-0.05, 0) is 23.8 Å². The summed E-state index contributed by atoms with van der Waals surface area (Å²) >= 11 is 0. The monoisotopic (exact) mass is 298 g/mol. The fraction of sp³-hybridized carbons (Fsp3) is 0.167. The number of allylic oxidation sites excluding steroid dienone is 1. The summed E-state index contributed by atoms with van der Waals surface area (Å²) in [6.45, 7) is 0. The number of methoxy groups -OCH3 is 3. The molecule has 0 amide bonds. The molecule has 0 aliphatic heterocycles. The number of hydrogen-bond acceptors (Lipinski definition) is 4. The van der Waals surface area contributed by atoms with Gasteiger partial charge < -0.3 is 14.2 Å². The minimum atomic E-state index is -0.136. The van der Waals surface area contributed by atoms with Gasteiger partial charge in [-0.3, -0.25) is 4.79 Å². The van der Waals surface area contributed by atoms with E-state index in [1.807, 2.05) is 30.3 Å². The lowest BCUT2D eigenvalue weighted by molar-refractivity contribution is 0.104. The molecule has 0 atom stereocenters. The maximum atomic E-state index is 12.3. The number of rotatable bonds is 6. The van der Waals surface area contributed by atoms with E-state index in [2.05, 4.69) is 0 Å². The van der Waals surface area contributed by atoms with E-state index in [0.717, 1.165) is 5.56 Å². The van der Waals surface area contributed by atoms with Crippen LogP contribution >= 0.6 is 0 Å². The summed E-state index contributed by atoms with van der Waals surface area (Å²) in [5.41, 5.74) is 1.44. The van der Waals surface area contributed by atoms with Crippen LogP contribution < -0.4 is 14.2 Å². The van der Waals surface area contributed by atoms with Crippen molar-refractivity contribution in [2.45, 2.75) is 0 Å². The third-order valence-electron chi connectivity index (χ3n) is 3.18. The molecule has 0 aliphatic rings. The molecule has 114 valence electrons. The SMILES string of the molecule is COc1cc(C(=O)C=Cc2ccccc2)cc(OC)c1OC. The Morgan fingerprint density at radius 3 is 2.00 bits per heavy atom. The lowest BCUT2D eigenvalue weighted by atomic mass is 10.1. The molecule has 0 spiro atoms. The van der Waals surface area contributed by atoms with E-state index in [0.29, 0.717) is 22.8 Å². The van der Waals surface area contributed by atoms with Gasteiger partial charge in [-0.2, -0.15) is 0 Å². The standard InChI is InChI=1S/C18H18O4/c1-20-16-11-14(12-17(21-2)18(16)22-3)15(19)10-9-13-7-5-4-6-8-13/h4-12H,1-3H3. The van der Waals surface area contributed by atoms with E-state index in [-0.39, 0.29) is 5.78 Å². The summed E-state index contributed by atoms with van der Waals surface area (Å²) in [5, 5.41) is 0. The van der Waals surface area contributed by atoms with Crippen molar-refractivity contribution in [3.05, 3.63) is 59.7 Å². The highest BCUT2D eigenvalue weighted by molar-refractivity contribution is 6.07. The Hall–Kier alpha value is -2.75. The molecule has 0 bridgehead atoms. The van der Waals surface area contributed by atoms with Gasteiger partial charge in [-0.1, -0.05) is 36.4 Å². The number of benzene rings is 2. The average molecular weight is 298 g/mol. The third kappa shape index (κ3) is 3.47. The first-order valence-electron chi connectivity index (χ1n) is 6.77. The fourth-order valence-electron chi connectivity index (χ4n) is 2.06. The van der Waals surface area contributed by atoms with Gasteiger partial charge in [-0.25, -0.2) is 0 Å². The largest absolute Gasteiger partial charge is 0.493 e. The first-order valence-corrected chi connectivity index (χ1v) is 6.77. The average Bonchev–Trinajstić information content (AvgIpc) is 2.59. The topological polar surface area (TPSA) is 44.8 Å². The molecule has 0 fully saturated rings. The molecule has 2 aromatic rings. The Morgan fingerprint density at radius 2 is 1.50 bits per heavy atom. The zero-order valence-corrected chi connectivity index (χ0v) is 12.8. The molecule has 0 aromatic heterocycles. The summed E-state index contributed by atoms with van der Waals surface area (Å²) < 4.78 is 15.7. The van der Waals surface area contributed by atoms with Crippen molar-refractivity contribution in [3.8, 4) is 17.2 Å². The molecule has 0 heterocycles. The molecule has 0 saturated heterocycles. The first-order chi connectivity index (χ1) is 10.7. The molecule has 0 N–H and O–H groups in total. The quantitative estimate of drug-likeness (QED) is 0.603. The second-order valence-electron chi connectivity index (χ2n) is 4.52. The Bertz CT molecular complexity index is 650. The van der Waals surface area contributed by atoms with Crippen LogP contribution in [0.2, 0.25) is 0 Å². The third-order valence-corrected chi connectivity index (χ3v) is 3.18. The van der Waals surface area contributed by atoms with Crippen LogP contribution in [0, 0.1) is 0 Å². The highest BCUT2D eigenvalue weighted by atomic mass is 16.5. The van der Waals surface area contributed by atoms with Gasteiger partial charge in [0.05, 0.1) is 21.3 Å². The highest BCUT2D eigenvalue weighted by Crippen LogP contribution is 2.38. The Morgan fingerprint density at radius 1 is 0.909 bits per heavy atom. The van der Waals surface area contributed by atoms with Crippen LogP contribution in [-0.2, 0) is 0 Å². The van der Waals surface area contributed by atoms with E-state index in [1.54, 1.807) is 18.2 Å². The fourth-order valence-corrected chi connectivity index (χ4v) is 2.06. The zero-order chi connectivity index (χ0) is 15.9. The molecular weight excluding hydrogens is 280 g/mol. The van der Waals surface area contributed by atoms with E-state index >= 15 is 0 Å². The van der Waals surface area contributed by atoms with Gasteiger partial charge in [0.2, 0.25) is 5.75 Å². The van der Waals surface area contributed by atoms with Crippen molar-refractivity contribution in [2.75, 3.05) is 21.3 Å². The number of ether oxygens (including phenoxy) is 3. The van der Waals surface area contributed by atoms with Crippen molar-refractivity contribution < 1.29 is 19.0 Å². The van der Waals surface area contributed by atoms with Crippen LogP contribution in [0.5, 0.6) is 17.2 Å². The minimum Gasteiger partial charge on any atom is -0.493 e. The predicted molar refractivity (Wildman–Crippen MR) is 85.9 cm³/mol. The van der Waals surface area contributed by atoms with Gasteiger partial charge in [0.25, 0.3) is 0 Å². The summed E-state index contributed by atoms with van der Waals surface area (Å²) in [6, 6.07) is 12.9. The molecule has 0 aliphatic carbocycles. The summed E-state index contributed by atoms with van der Waals surface area (Å²) in [5.74, 6) is 1.24.